The van der Waals surface area contributed by atoms with E-state index in [1.807, 2.05) is 18.2 Å². The lowest BCUT2D eigenvalue weighted by atomic mass is 10.1. The Kier molecular flexibility index (Phi) is 5.62. The molecular weight excluding hydrogens is 442 g/mol. The zero-order valence-corrected chi connectivity index (χ0v) is 19.3. The van der Waals surface area contributed by atoms with Crippen LogP contribution in [0.4, 0.5) is 5.13 Å². The SMILES string of the molecule is Cc1ccc(Cc2nsc(N3CCN(S(=O)(=O)c4cccc5cccnc45)CC3)n2)cc1. The zero-order valence-electron chi connectivity index (χ0n) is 17.7. The Hall–Kier alpha value is -2.88. The molecule has 0 radical (unpaired) electrons. The van der Waals surface area contributed by atoms with Gasteiger partial charge in [-0.1, -0.05) is 48.0 Å². The van der Waals surface area contributed by atoms with E-state index in [-0.39, 0.29) is 4.90 Å². The molecule has 9 heteroatoms. The Labute approximate surface area is 191 Å². The van der Waals surface area contributed by atoms with Crippen LogP contribution in [0.1, 0.15) is 17.0 Å². The Bertz CT molecular complexity index is 1340. The number of piperazine rings is 1. The Morgan fingerprint density at radius 1 is 0.969 bits per heavy atom. The number of anilines is 1. The summed E-state index contributed by atoms with van der Waals surface area (Å²) in [6.07, 6.45) is 2.32. The number of rotatable bonds is 5. The predicted octanol–water partition coefficient (Wildman–Crippen LogP) is 3.50. The first-order valence-corrected chi connectivity index (χ1v) is 12.7. The number of aromatic nitrogens is 3. The van der Waals surface area contributed by atoms with E-state index in [9.17, 15) is 8.42 Å². The van der Waals surface area contributed by atoms with Crippen LogP contribution in [0.5, 0.6) is 0 Å². The highest BCUT2D eigenvalue weighted by molar-refractivity contribution is 7.89. The van der Waals surface area contributed by atoms with Crippen LogP contribution in [-0.2, 0) is 16.4 Å². The van der Waals surface area contributed by atoms with Gasteiger partial charge in [-0.25, -0.2) is 13.4 Å². The number of nitrogens with zero attached hydrogens (tertiary/aromatic N) is 5. The molecule has 0 N–H and O–H groups in total. The summed E-state index contributed by atoms with van der Waals surface area (Å²) in [5.41, 5.74) is 2.93. The number of benzene rings is 2. The van der Waals surface area contributed by atoms with Crippen LogP contribution in [0.2, 0.25) is 0 Å². The number of sulfonamides is 1. The van der Waals surface area contributed by atoms with Crippen molar-refractivity contribution in [3.63, 3.8) is 0 Å². The first-order valence-electron chi connectivity index (χ1n) is 10.5. The van der Waals surface area contributed by atoms with Crippen LogP contribution < -0.4 is 4.90 Å². The molecule has 0 atom stereocenters. The molecule has 5 rings (SSSR count). The number of hydrogen-bond donors (Lipinski definition) is 0. The molecule has 0 saturated carbocycles. The van der Waals surface area contributed by atoms with Crippen molar-refractivity contribution in [1.82, 2.24) is 18.6 Å². The molecule has 0 amide bonds. The van der Waals surface area contributed by atoms with Gasteiger partial charge in [0.15, 0.2) is 0 Å². The van der Waals surface area contributed by atoms with E-state index in [1.54, 1.807) is 22.6 Å². The summed E-state index contributed by atoms with van der Waals surface area (Å²) in [5.74, 6) is 0.797. The molecule has 4 aromatic rings. The van der Waals surface area contributed by atoms with Crippen LogP contribution in [0.3, 0.4) is 0 Å². The molecule has 3 heterocycles. The molecule has 1 aliphatic heterocycles. The van der Waals surface area contributed by atoms with Crippen molar-refractivity contribution in [2.75, 3.05) is 31.1 Å². The van der Waals surface area contributed by atoms with Gasteiger partial charge in [0.05, 0.1) is 5.52 Å². The maximum absolute atomic E-state index is 13.3. The maximum atomic E-state index is 13.3. The minimum absolute atomic E-state index is 0.264. The Morgan fingerprint density at radius 2 is 1.72 bits per heavy atom. The van der Waals surface area contributed by atoms with Crippen molar-refractivity contribution in [1.29, 1.82) is 0 Å². The molecule has 32 heavy (non-hydrogen) atoms. The van der Waals surface area contributed by atoms with E-state index in [4.69, 9.17) is 4.98 Å². The van der Waals surface area contributed by atoms with Gasteiger partial charge in [-0.3, -0.25) is 4.98 Å². The Balaban J connectivity index is 1.28. The standard InChI is InChI=1S/C23H23N5O2S2/c1-17-7-9-18(10-8-17)16-21-25-23(31-26-21)27-12-14-28(15-13-27)32(29,30)20-6-2-4-19-5-3-11-24-22(19)20/h2-11H,12-16H2,1H3. The van der Waals surface area contributed by atoms with Gasteiger partial charge < -0.3 is 4.90 Å². The third kappa shape index (κ3) is 4.11. The summed E-state index contributed by atoms with van der Waals surface area (Å²) in [5, 5.41) is 1.66. The molecule has 7 nitrogen and oxygen atoms in total. The molecule has 0 unspecified atom stereocenters. The second kappa shape index (κ2) is 8.57. The molecule has 1 aliphatic rings. The summed E-state index contributed by atoms with van der Waals surface area (Å²) in [4.78, 5) is 11.4. The smallest absolute Gasteiger partial charge is 0.245 e. The van der Waals surface area contributed by atoms with E-state index in [2.05, 4.69) is 45.4 Å². The minimum Gasteiger partial charge on any atom is -0.344 e. The van der Waals surface area contributed by atoms with Crippen LogP contribution in [0.15, 0.2) is 65.7 Å². The average Bonchev–Trinajstić information content (AvgIpc) is 3.29. The number of hydrogen-bond acceptors (Lipinski definition) is 7. The van der Waals surface area contributed by atoms with Crippen molar-refractivity contribution in [2.24, 2.45) is 0 Å². The highest BCUT2D eigenvalue weighted by Gasteiger charge is 2.31. The first kappa shape index (κ1) is 21.0. The summed E-state index contributed by atoms with van der Waals surface area (Å²) in [6, 6.07) is 17.4. The molecule has 0 bridgehead atoms. The first-order chi connectivity index (χ1) is 15.5. The number of fused-ring (bicyclic) bond motifs is 1. The van der Waals surface area contributed by atoms with Crippen molar-refractivity contribution >= 4 is 37.6 Å². The second-order valence-corrected chi connectivity index (χ2v) is 10.5. The lowest BCUT2D eigenvalue weighted by Gasteiger charge is -2.33. The van der Waals surface area contributed by atoms with Gasteiger partial charge in [0.2, 0.25) is 15.2 Å². The maximum Gasteiger partial charge on any atom is 0.245 e. The van der Waals surface area contributed by atoms with Crippen molar-refractivity contribution < 1.29 is 8.42 Å². The Morgan fingerprint density at radius 3 is 2.50 bits per heavy atom. The molecule has 2 aromatic carbocycles. The van der Waals surface area contributed by atoms with Gasteiger partial charge in [0, 0.05) is 55.7 Å². The monoisotopic (exact) mass is 465 g/mol. The van der Waals surface area contributed by atoms with Crippen molar-refractivity contribution in [3.8, 4) is 0 Å². The number of pyridine rings is 1. The van der Waals surface area contributed by atoms with Gasteiger partial charge >= 0.3 is 0 Å². The molecule has 0 aliphatic carbocycles. The molecular formula is C23H23N5O2S2. The fourth-order valence-corrected chi connectivity index (χ4v) is 6.20. The fourth-order valence-electron chi connectivity index (χ4n) is 3.88. The predicted molar refractivity (Wildman–Crippen MR) is 127 cm³/mol. The molecule has 0 spiro atoms. The summed E-state index contributed by atoms with van der Waals surface area (Å²) in [7, 11) is -3.62. The lowest BCUT2D eigenvalue weighted by Crippen LogP contribution is -2.48. The highest BCUT2D eigenvalue weighted by Crippen LogP contribution is 2.26. The third-order valence-electron chi connectivity index (χ3n) is 5.66. The van der Waals surface area contributed by atoms with E-state index < -0.39 is 10.0 Å². The average molecular weight is 466 g/mol. The molecule has 164 valence electrons. The topological polar surface area (TPSA) is 79.3 Å². The minimum atomic E-state index is -3.62. The molecule has 2 aromatic heterocycles. The zero-order chi connectivity index (χ0) is 22.1. The largest absolute Gasteiger partial charge is 0.344 e. The summed E-state index contributed by atoms with van der Waals surface area (Å²) >= 11 is 1.37. The summed E-state index contributed by atoms with van der Waals surface area (Å²) < 4.78 is 32.7. The fraction of sp³-hybridized carbons (Fsp3) is 0.261. The van der Waals surface area contributed by atoms with Crippen molar-refractivity contribution in [2.45, 2.75) is 18.2 Å². The van der Waals surface area contributed by atoms with Crippen LogP contribution in [0, 0.1) is 6.92 Å². The highest BCUT2D eigenvalue weighted by atomic mass is 32.2. The van der Waals surface area contributed by atoms with Gasteiger partial charge in [-0.15, -0.1) is 0 Å². The molecule has 1 fully saturated rings. The third-order valence-corrected chi connectivity index (χ3v) is 8.41. The van der Waals surface area contributed by atoms with Crippen LogP contribution >= 0.6 is 11.5 Å². The van der Waals surface area contributed by atoms with E-state index in [1.165, 1.54) is 22.7 Å². The van der Waals surface area contributed by atoms with Gasteiger partial charge in [-0.05, 0) is 24.6 Å². The van der Waals surface area contributed by atoms with Gasteiger partial charge in [-0.2, -0.15) is 8.68 Å². The lowest BCUT2D eigenvalue weighted by molar-refractivity contribution is 0.385. The normalized spacial score (nSPS) is 15.3. The second-order valence-electron chi connectivity index (χ2n) is 7.88. The van der Waals surface area contributed by atoms with Crippen molar-refractivity contribution in [3.05, 3.63) is 77.7 Å². The van der Waals surface area contributed by atoms with E-state index >= 15 is 0 Å². The van der Waals surface area contributed by atoms with Crippen LogP contribution in [0.25, 0.3) is 10.9 Å². The van der Waals surface area contributed by atoms with Gasteiger partial charge in [0.25, 0.3) is 0 Å². The number of para-hydroxylation sites is 1. The summed E-state index contributed by atoms with van der Waals surface area (Å²) in [6.45, 7) is 4.03. The number of aryl methyl sites for hydroxylation is 1. The molecule has 1 saturated heterocycles. The van der Waals surface area contributed by atoms with Crippen LogP contribution in [-0.4, -0.2) is 53.2 Å². The quantitative estimate of drug-likeness (QED) is 0.449. The van der Waals surface area contributed by atoms with E-state index in [0.717, 1.165) is 16.3 Å². The van der Waals surface area contributed by atoms with E-state index in [0.29, 0.717) is 38.1 Å². The van der Waals surface area contributed by atoms with Gasteiger partial charge in [0.1, 0.15) is 10.7 Å².